The highest BCUT2D eigenvalue weighted by atomic mass is 16.5. The van der Waals surface area contributed by atoms with E-state index in [1.807, 2.05) is 6.92 Å². The fourth-order valence-electron chi connectivity index (χ4n) is 2.80. The Kier molecular flexibility index (Phi) is 8.89. The molecule has 1 saturated carbocycles. The first-order valence-electron chi connectivity index (χ1n) is 8.11. The van der Waals surface area contributed by atoms with Gasteiger partial charge >= 0.3 is 5.97 Å². The third-order valence-corrected chi connectivity index (χ3v) is 4.05. The maximum Gasteiger partial charge on any atom is 0.305 e. The van der Waals surface area contributed by atoms with Crippen molar-refractivity contribution in [2.75, 3.05) is 13.2 Å². The van der Waals surface area contributed by atoms with Crippen molar-refractivity contribution < 1.29 is 9.53 Å². The number of carbonyl (C=O) groups excluding carboxylic acids is 1. The lowest BCUT2D eigenvalue weighted by Gasteiger charge is -2.16. The molecule has 0 saturated heterocycles. The molecule has 3 heteroatoms. The Bertz CT molecular complexity index is 243. The summed E-state index contributed by atoms with van der Waals surface area (Å²) in [5.41, 5.74) is 0. The van der Waals surface area contributed by atoms with Crippen molar-refractivity contribution in [2.45, 2.75) is 77.7 Å². The van der Waals surface area contributed by atoms with E-state index in [1.165, 1.54) is 38.5 Å². The molecule has 0 bridgehead atoms. The first kappa shape index (κ1) is 16.5. The second kappa shape index (κ2) is 10.2. The van der Waals surface area contributed by atoms with E-state index in [4.69, 9.17) is 4.74 Å². The number of rotatable bonds is 8. The van der Waals surface area contributed by atoms with Gasteiger partial charge in [0.15, 0.2) is 0 Å². The molecule has 0 aromatic carbocycles. The third-order valence-electron chi connectivity index (χ3n) is 4.05. The molecule has 0 amide bonds. The van der Waals surface area contributed by atoms with Crippen LogP contribution >= 0.6 is 0 Å². The molecule has 3 nitrogen and oxygen atoms in total. The highest BCUT2D eigenvalue weighted by molar-refractivity contribution is 5.69. The van der Waals surface area contributed by atoms with E-state index < -0.39 is 0 Å². The zero-order valence-corrected chi connectivity index (χ0v) is 12.7. The SMILES string of the molecule is CCOC(=O)CCCCCNC1CCCC(C)CC1. The van der Waals surface area contributed by atoms with Crippen molar-refractivity contribution in [3.63, 3.8) is 0 Å². The quantitative estimate of drug-likeness (QED) is 0.415. The standard InChI is InChI=1S/C16H31NO2/c1-3-19-16(18)10-5-4-6-13-17-15-9-7-8-14(2)11-12-15/h14-15,17H,3-13H2,1-2H3. The number of hydrogen-bond acceptors (Lipinski definition) is 3. The summed E-state index contributed by atoms with van der Waals surface area (Å²) in [5.74, 6) is 0.865. The molecule has 0 aliphatic heterocycles. The molecule has 1 fully saturated rings. The van der Waals surface area contributed by atoms with Crippen molar-refractivity contribution >= 4 is 5.97 Å². The second-order valence-corrected chi connectivity index (χ2v) is 5.88. The summed E-state index contributed by atoms with van der Waals surface area (Å²) in [4.78, 5) is 11.2. The van der Waals surface area contributed by atoms with E-state index in [2.05, 4.69) is 12.2 Å². The average molecular weight is 269 g/mol. The molecule has 1 N–H and O–H groups in total. The minimum absolute atomic E-state index is 0.0479. The van der Waals surface area contributed by atoms with Gasteiger partial charge in [-0.05, 0) is 51.5 Å². The number of unbranched alkanes of at least 4 members (excludes halogenated alkanes) is 2. The average Bonchev–Trinajstić information content (AvgIpc) is 2.59. The van der Waals surface area contributed by atoms with Crippen molar-refractivity contribution in [1.82, 2.24) is 5.32 Å². The van der Waals surface area contributed by atoms with Gasteiger partial charge in [0.1, 0.15) is 0 Å². The maximum atomic E-state index is 11.2. The largest absolute Gasteiger partial charge is 0.466 e. The zero-order valence-electron chi connectivity index (χ0n) is 12.7. The van der Waals surface area contributed by atoms with Crippen LogP contribution in [0.15, 0.2) is 0 Å². The molecule has 1 rings (SSSR count). The van der Waals surface area contributed by atoms with Gasteiger partial charge in [0.2, 0.25) is 0 Å². The molecule has 2 unspecified atom stereocenters. The van der Waals surface area contributed by atoms with Crippen LogP contribution in [0, 0.1) is 5.92 Å². The first-order valence-corrected chi connectivity index (χ1v) is 8.11. The van der Waals surface area contributed by atoms with E-state index in [-0.39, 0.29) is 5.97 Å². The van der Waals surface area contributed by atoms with Gasteiger partial charge in [-0.2, -0.15) is 0 Å². The molecule has 19 heavy (non-hydrogen) atoms. The Morgan fingerprint density at radius 1 is 1.16 bits per heavy atom. The third kappa shape index (κ3) is 8.25. The van der Waals surface area contributed by atoms with Crippen LogP contribution in [0.2, 0.25) is 0 Å². The number of nitrogens with one attached hydrogen (secondary N) is 1. The fourth-order valence-corrected chi connectivity index (χ4v) is 2.80. The summed E-state index contributed by atoms with van der Waals surface area (Å²) >= 11 is 0. The van der Waals surface area contributed by atoms with E-state index in [0.717, 1.165) is 31.3 Å². The molecule has 1 aliphatic rings. The molecule has 0 heterocycles. The van der Waals surface area contributed by atoms with Crippen LogP contribution in [0.1, 0.15) is 71.6 Å². The van der Waals surface area contributed by atoms with Crippen LogP contribution in [0.3, 0.4) is 0 Å². The number of hydrogen-bond donors (Lipinski definition) is 1. The number of esters is 1. The molecule has 0 aromatic rings. The Labute approximate surface area is 118 Å². The smallest absolute Gasteiger partial charge is 0.305 e. The van der Waals surface area contributed by atoms with E-state index in [9.17, 15) is 4.79 Å². The van der Waals surface area contributed by atoms with Gasteiger partial charge < -0.3 is 10.1 Å². The monoisotopic (exact) mass is 269 g/mol. The predicted octanol–water partition coefficient (Wildman–Crippen LogP) is 3.67. The first-order chi connectivity index (χ1) is 9.22. The summed E-state index contributed by atoms with van der Waals surface area (Å²) in [6, 6.07) is 0.731. The van der Waals surface area contributed by atoms with Crippen molar-refractivity contribution in [3.8, 4) is 0 Å². The van der Waals surface area contributed by atoms with Crippen LogP contribution in [0.25, 0.3) is 0 Å². The van der Waals surface area contributed by atoms with Gasteiger partial charge in [0.05, 0.1) is 6.61 Å². The molecule has 0 radical (unpaired) electrons. The van der Waals surface area contributed by atoms with Crippen molar-refractivity contribution in [2.24, 2.45) is 5.92 Å². The van der Waals surface area contributed by atoms with Crippen molar-refractivity contribution in [3.05, 3.63) is 0 Å². The van der Waals surface area contributed by atoms with Crippen molar-refractivity contribution in [1.29, 1.82) is 0 Å². The Morgan fingerprint density at radius 3 is 2.79 bits per heavy atom. The lowest BCUT2D eigenvalue weighted by atomic mass is 10.0. The summed E-state index contributed by atoms with van der Waals surface area (Å²) in [6.07, 6.45) is 10.7. The van der Waals surface area contributed by atoms with Gasteiger partial charge in [-0.1, -0.05) is 26.2 Å². The van der Waals surface area contributed by atoms with Crippen LogP contribution < -0.4 is 5.32 Å². The minimum Gasteiger partial charge on any atom is -0.466 e. The van der Waals surface area contributed by atoms with Crippen LogP contribution in [0.4, 0.5) is 0 Å². The zero-order chi connectivity index (χ0) is 13.9. The summed E-state index contributed by atoms with van der Waals surface area (Å²) in [7, 11) is 0. The second-order valence-electron chi connectivity index (χ2n) is 5.88. The van der Waals surface area contributed by atoms with Gasteiger partial charge in [-0.3, -0.25) is 4.79 Å². The van der Waals surface area contributed by atoms with Gasteiger partial charge in [0.25, 0.3) is 0 Å². The highest BCUT2D eigenvalue weighted by Crippen LogP contribution is 2.22. The molecule has 0 aromatic heterocycles. The Balaban J connectivity index is 1.94. The molecule has 112 valence electrons. The summed E-state index contributed by atoms with van der Waals surface area (Å²) in [6.45, 7) is 5.83. The lowest BCUT2D eigenvalue weighted by Crippen LogP contribution is -2.29. The van der Waals surface area contributed by atoms with Gasteiger partial charge in [-0.15, -0.1) is 0 Å². The Morgan fingerprint density at radius 2 is 2.00 bits per heavy atom. The predicted molar refractivity (Wildman–Crippen MR) is 79.1 cm³/mol. The lowest BCUT2D eigenvalue weighted by molar-refractivity contribution is -0.143. The fraction of sp³-hybridized carbons (Fsp3) is 0.938. The van der Waals surface area contributed by atoms with E-state index in [0.29, 0.717) is 13.0 Å². The highest BCUT2D eigenvalue weighted by Gasteiger charge is 2.15. The van der Waals surface area contributed by atoms with Gasteiger partial charge in [0, 0.05) is 12.5 Å². The van der Waals surface area contributed by atoms with Crippen LogP contribution in [0.5, 0.6) is 0 Å². The van der Waals surface area contributed by atoms with Crippen LogP contribution in [-0.2, 0) is 9.53 Å². The van der Waals surface area contributed by atoms with E-state index in [1.54, 1.807) is 0 Å². The number of ether oxygens (including phenoxy) is 1. The molecule has 2 atom stereocenters. The molecular formula is C16H31NO2. The topological polar surface area (TPSA) is 38.3 Å². The van der Waals surface area contributed by atoms with Gasteiger partial charge in [-0.25, -0.2) is 0 Å². The molecule has 1 aliphatic carbocycles. The maximum absolute atomic E-state index is 11.2. The van der Waals surface area contributed by atoms with E-state index >= 15 is 0 Å². The molecule has 0 spiro atoms. The summed E-state index contributed by atoms with van der Waals surface area (Å²) in [5, 5.41) is 3.68. The normalized spacial score (nSPS) is 23.9. The Hall–Kier alpha value is -0.570. The minimum atomic E-state index is -0.0479. The number of carbonyl (C=O) groups is 1. The van der Waals surface area contributed by atoms with Crippen LogP contribution in [-0.4, -0.2) is 25.2 Å². The summed E-state index contributed by atoms with van der Waals surface area (Å²) < 4.78 is 4.91. The molecular weight excluding hydrogens is 238 g/mol.